The molecule has 2 aliphatic heterocycles. The minimum absolute atomic E-state index is 0. The molecular formula is C61H50N5OPd-3. The van der Waals surface area contributed by atoms with Gasteiger partial charge in [-0.2, -0.15) is 12.1 Å². The standard InChI is InChI=1S/C61H50N5O.Pd/c1-60(2,3)43-28-24-41(25-29-43)48-19-14-20-49(42-26-30-44(31-27-42)61(4,5)6)59(48)65-40-64(55-21-9-10-22-56(55)65)45-15-13-16-46(37-45)67-47-32-33-52-50-17-7-8-18-51(50)53-39-62-36-34-54(53)66(57(52)38-47)58-23-11-12-35-63-58;/h7-36,39-40H,1-6H3;/q-3;. The van der Waals surface area contributed by atoms with Gasteiger partial charge in [0.2, 0.25) is 0 Å². The third kappa shape index (κ3) is 8.17. The molecule has 0 N–H and O–H groups in total. The molecule has 0 bridgehead atoms. The molecule has 0 unspecified atom stereocenters. The Bertz CT molecular complexity index is 3210. The molecule has 0 amide bonds. The summed E-state index contributed by atoms with van der Waals surface area (Å²) in [5, 5.41) is 0. The van der Waals surface area contributed by atoms with Crippen molar-refractivity contribution in [3.63, 3.8) is 0 Å². The van der Waals surface area contributed by atoms with Crippen LogP contribution in [-0.2, 0) is 31.3 Å². The van der Waals surface area contributed by atoms with E-state index in [9.17, 15) is 0 Å². The molecule has 7 aromatic carbocycles. The summed E-state index contributed by atoms with van der Waals surface area (Å²) >= 11 is 0. The minimum Gasteiger partial charge on any atom is -0.509 e. The predicted molar refractivity (Wildman–Crippen MR) is 275 cm³/mol. The van der Waals surface area contributed by atoms with Crippen LogP contribution >= 0.6 is 0 Å². The van der Waals surface area contributed by atoms with Crippen LogP contribution in [0.25, 0.3) is 44.5 Å². The van der Waals surface area contributed by atoms with E-state index in [1.807, 2.05) is 61.1 Å². The first-order valence-electron chi connectivity index (χ1n) is 22.9. The van der Waals surface area contributed by atoms with Crippen LogP contribution in [0.5, 0.6) is 11.5 Å². The van der Waals surface area contributed by atoms with Crippen LogP contribution in [0, 0.1) is 18.8 Å². The molecule has 68 heavy (non-hydrogen) atoms. The average molecular weight is 976 g/mol. The third-order valence-corrected chi connectivity index (χ3v) is 12.8. The maximum Gasteiger partial charge on any atom is 0.135 e. The number of aromatic nitrogens is 2. The summed E-state index contributed by atoms with van der Waals surface area (Å²) in [6.45, 7) is 15.8. The topological polar surface area (TPSA) is 44.7 Å². The second-order valence-electron chi connectivity index (χ2n) is 19.2. The van der Waals surface area contributed by atoms with Gasteiger partial charge in [0.05, 0.1) is 5.69 Å². The van der Waals surface area contributed by atoms with Gasteiger partial charge in [0.1, 0.15) is 5.82 Å². The number of para-hydroxylation sites is 3. The first-order chi connectivity index (χ1) is 32.5. The van der Waals surface area contributed by atoms with Crippen molar-refractivity contribution < 1.29 is 25.2 Å². The molecule has 0 saturated carbocycles. The van der Waals surface area contributed by atoms with Crippen LogP contribution in [0.3, 0.4) is 0 Å². The van der Waals surface area contributed by atoms with Crippen molar-refractivity contribution in [2.75, 3.05) is 14.7 Å². The average Bonchev–Trinajstić information content (AvgIpc) is 3.68. The Labute approximate surface area is 414 Å². The maximum atomic E-state index is 6.74. The van der Waals surface area contributed by atoms with E-state index in [2.05, 4.69) is 207 Å². The fourth-order valence-electron chi connectivity index (χ4n) is 9.31. The molecule has 6 nitrogen and oxygen atoms in total. The van der Waals surface area contributed by atoms with Gasteiger partial charge in [-0.1, -0.05) is 162 Å². The number of ether oxygens (including phenoxy) is 1. The van der Waals surface area contributed by atoms with Gasteiger partial charge in [0.15, 0.2) is 0 Å². The Balaban J connectivity index is 0.00000539. The summed E-state index contributed by atoms with van der Waals surface area (Å²) in [4.78, 5) is 16.1. The molecule has 0 spiro atoms. The van der Waals surface area contributed by atoms with Gasteiger partial charge in [-0.05, 0) is 69.0 Å². The van der Waals surface area contributed by atoms with Crippen molar-refractivity contribution in [1.29, 1.82) is 0 Å². The van der Waals surface area contributed by atoms with E-state index in [-0.39, 0.29) is 31.3 Å². The molecule has 0 aliphatic carbocycles. The molecule has 0 saturated heterocycles. The van der Waals surface area contributed by atoms with Gasteiger partial charge >= 0.3 is 0 Å². The van der Waals surface area contributed by atoms with E-state index >= 15 is 0 Å². The fourth-order valence-corrected chi connectivity index (χ4v) is 9.31. The zero-order valence-electron chi connectivity index (χ0n) is 38.9. The predicted octanol–water partition coefficient (Wildman–Crippen LogP) is 16.3. The number of pyridine rings is 2. The summed E-state index contributed by atoms with van der Waals surface area (Å²) in [7, 11) is 0. The Morgan fingerprint density at radius 2 is 1.04 bits per heavy atom. The van der Waals surface area contributed by atoms with Gasteiger partial charge in [0, 0.05) is 84.3 Å². The molecule has 4 heterocycles. The molecule has 338 valence electrons. The van der Waals surface area contributed by atoms with E-state index in [4.69, 9.17) is 9.72 Å². The van der Waals surface area contributed by atoms with Crippen molar-refractivity contribution >= 4 is 39.9 Å². The van der Waals surface area contributed by atoms with Crippen molar-refractivity contribution in [3.05, 3.63) is 218 Å². The molecule has 11 rings (SSSR count). The van der Waals surface area contributed by atoms with Crippen LogP contribution in [0.4, 0.5) is 39.9 Å². The zero-order chi connectivity index (χ0) is 45.9. The second-order valence-corrected chi connectivity index (χ2v) is 19.2. The van der Waals surface area contributed by atoms with E-state index in [0.29, 0.717) is 11.5 Å². The van der Waals surface area contributed by atoms with Gasteiger partial charge in [-0.15, -0.1) is 48.3 Å². The van der Waals surface area contributed by atoms with E-state index < -0.39 is 0 Å². The summed E-state index contributed by atoms with van der Waals surface area (Å²) in [5.41, 5.74) is 17.4. The van der Waals surface area contributed by atoms with Crippen LogP contribution in [0.1, 0.15) is 52.7 Å². The third-order valence-electron chi connectivity index (χ3n) is 12.8. The van der Waals surface area contributed by atoms with Gasteiger partial charge in [0.25, 0.3) is 0 Å². The van der Waals surface area contributed by atoms with Gasteiger partial charge < -0.3 is 19.4 Å². The van der Waals surface area contributed by atoms with Crippen molar-refractivity contribution in [2.45, 2.75) is 52.4 Å². The second kappa shape index (κ2) is 17.7. The number of benzene rings is 7. The molecule has 0 atom stereocenters. The molecule has 7 heteroatoms. The molecule has 0 fully saturated rings. The quantitative estimate of drug-likeness (QED) is 0.117. The minimum atomic E-state index is 0. The van der Waals surface area contributed by atoms with Crippen LogP contribution in [0.2, 0.25) is 0 Å². The number of hydrogen-bond donors (Lipinski definition) is 0. The monoisotopic (exact) mass is 974 g/mol. The molecule has 2 aliphatic rings. The SMILES string of the molecule is CC(C)(C)c1ccc(-c2cccc(-c3ccc(C(C)(C)C)cc3)c2N2[CH-]N(c3[c-]c(Oc4[c-]c5c(cc4)-c4ccccc4-c4cnccc4N5c4ccccn4)ccc3)c3ccccc32)cc1.[Pd]. The summed E-state index contributed by atoms with van der Waals surface area (Å²) in [5.74, 6) is 1.90. The first kappa shape index (κ1) is 44.5. The van der Waals surface area contributed by atoms with Crippen molar-refractivity contribution in [3.8, 4) is 56.0 Å². The van der Waals surface area contributed by atoms with Crippen LogP contribution < -0.4 is 19.4 Å². The number of fused-ring (bicyclic) bond motifs is 6. The van der Waals surface area contributed by atoms with Crippen molar-refractivity contribution in [2.24, 2.45) is 0 Å². The van der Waals surface area contributed by atoms with E-state index in [0.717, 1.165) is 84.4 Å². The number of rotatable bonds is 7. The first-order valence-corrected chi connectivity index (χ1v) is 22.9. The van der Waals surface area contributed by atoms with Gasteiger partial charge in [-0.3, -0.25) is 4.98 Å². The van der Waals surface area contributed by atoms with Crippen LogP contribution in [0.15, 0.2) is 188 Å². The summed E-state index contributed by atoms with van der Waals surface area (Å²) in [6, 6.07) is 67.3. The number of hydrogen-bond acceptors (Lipinski definition) is 6. The molecule has 0 radical (unpaired) electrons. The smallest absolute Gasteiger partial charge is 0.135 e. The number of anilines is 7. The Morgan fingerprint density at radius 3 is 1.68 bits per heavy atom. The molecule has 2 aromatic heterocycles. The summed E-state index contributed by atoms with van der Waals surface area (Å²) < 4.78 is 6.74. The van der Waals surface area contributed by atoms with Gasteiger partial charge in [-0.25, -0.2) is 4.98 Å². The number of nitrogens with zero attached hydrogens (tertiary/aromatic N) is 5. The largest absolute Gasteiger partial charge is 0.509 e. The van der Waals surface area contributed by atoms with Crippen LogP contribution in [-0.4, -0.2) is 9.97 Å². The fraction of sp³-hybridized carbons (Fsp3) is 0.131. The normalized spacial score (nSPS) is 12.9. The van der Waals surface area contributed by atoms with E-state index in [1.54, 1.807) is 0 Å². The Morgan fingerprint density at radius 1 is 0.471 bits per heavy atom. The summed E-state index contributed by atoms with van der Waals surface area (Å²) in [6.07, 6.45) is 5.57. The van der Waals surface area contributed by atoms with E-state index in [1.165, 1.54) is 11.1 Å². The zero-order valence-corrected chi connectivity index (χ0v) is 40.5. The molecular weight excluding hydrogens is 925 g/mol. The van der Waals surface area contributed by atoms with Crippen molar-refractivity contribution in [1.82, 2.24) is 9.97 Å². The maximum absolute atomic E-state index is 6.74. The molecule has 9 aromatic rings. The Kier molecular flexibility index (Phi) is 11.6. The Hall–Kier alpha value is -7.30.